The predicted octanol–water partition coefficient (Wildman–Crippen LogP) is -0.685. The largest absolute Gasteiger partial charge is 0.463 e. The third-order valence-corrected chi connectivity index (χ3v) is 4.13. The number of hydrogen-bond acceptors (Lipinski definition) is 12. The molecule has 13 heteroatoms. The Morgan fingerprint density at radius 3 is 2.34 bits per heavy atom. The molecule has 1 aliphatic rings. The van der Waals surface area contributed by atoms with E-state index in [2.05, 4.69) is 15.0 Å². The van der Waals surface area contributed by atoms with Crippen molar-refractivity contribution in [3.8, 4) is 0 Å². The molecule has 1 aliphatic heterocycles. The van der Waals surface area contributed by atoms with Crippen LogP contribution in [0.25, 0.3) is 11.2 Å². The number of carbonyl (C=O) groups is 3. The van der Waals surface area contributed by atoms with Crippen molar-refractivity contribution in [3.05, 3.63) is 6.33 Å². The SMILES string of the molecule is CC(=O)OC[C@H]1O[C@@H](n2c(N)nc3c(N)ncnc32)[C@H](OC(C)=O)[C@@H]1OC(C)=O. The van der Waals surface area contributed by atoms with E-state index in [-0.39, 0.29) is 29.5 Å². The van der Waals surface area contributed by atoms with Crippen LogP contribution < -0.4 is 11.5 Å². The van der Waals surface area contributed by atoms with Crippen LogP contribution >= 0.6 is 0 Å². The van der Waals surface area contributed by atoms with Crippen molar-refractivity contribution in [2.24, 2.45) is 0 Å². The topological polar surface area (TPSA) is 184 Å². The van der Waals surface area contributed by atoms with Crippen LogP contribution in [-0.4, -0.2) is 62.3 Å². The van der Waals surface area contributed by atoms with Crippen LogP contribution in [0.1, 0.15) is 27.0 Å². The highest BCUT2D eigenvalue weighted by atomic mass is 16.7. The molecule has 0 radical (unpaired) electrons. The summed E-state index contributed by atoms with van der Waals surface area (Å²) in [5.41, 5.74) is 12.3. The smallest absolute Gasteiger partial charge is 0.303 e. The molecule has 2 aromatic rings. The fourth-order valence-electron chi connectivity index (χ4n) is 3.09. The summed E-state index contributed by atoms with van der Waals surface area (Å²) in [6.45, 7) is 3.36. The number of fused-ring (bicyclic) bond motifs is 1. The number of imidazole rings is 1. The van der Waals surface area contributed by atoms with Gasteiger partial charge in [-0.3, -0.25) is 19.0 Å². The zero-order chi connectivity index (χ0) is 21.3. The zero-order valence-electron chi connectivity index (χ0n) is 15.9. The second-order valence-electron chi connectivity index (χ2n) is 6.29. The molecule has 0 aromatic carbocycles. The van der Waals surface area contributed by atoms with Gasteiger partial charge in [0, 0.05) is 20.8 Å². The van der Waals surface area contributed by atoms with Gasteiger partial charge in [-0.2, -0.15) is 0 Å². The molecular weight excluding hydrogens is 388 g/mol. The van der Waals surface area contributed by atoms with Crippen LogP contribution in [0.2, 0.25) is 0 Å². The number of ether oxygens (including phenoxy) is 4. The minimum atomic E-state index is -1.12. The average Bonchev–Trinajstić information content (AvgIpc) is 3.11. The van der Waals surface area contributed by atoms with Gasteiger partial charge >= 0.3 is 17.9 Å². The molecule has 1 fully saturated rings. The number of esters is 3. The van der Waals surface area contributed by atoms with E-state index in [1.807, 2.05) is 0 Å². The number of hydrogen-bond donors (Lipinski definition) is 2. The van der Waals surface area contributed by atoms with Crippen molar-refractivity contribution in [3.63, 3.8) is 0 Å². The molecule has 0 aliphatic carbocycles. The number of rotatable bonds is 5. The fourth-order valence-corrected chi connectivity index (χ4v) is 3.09. The van der Waals surface area contributed by atoms with Crippen molar-refractivity contribution >= 4 is 40.8 Å². The van der Waals surface area contributed by atoms with Crippen LogP contribution in [0.3, 0.4) is 0 Å². The monoisotopic (exact) mass is 408 g/mol. The second kappa shape index (κ2) is 7.87. The number of carbonyl (C=O) groups excluding carboxylic acids is 3. The summed E-state index contributed by atoms with van der Waals surface area (Å²) in [5, 5.41) is 0. The zero-order valence-corrected chi connectivity index (χ0v) is 15.9. The number of anilines is 2. The second-order valence-corrected chi connectivity index (χ2v) is 6.29. The minimum absolute atomic E-state index is 0.0379. The highest BCUT2D eigenvalue weighted by molar-refractivity contribution is 5.83. The molecule has 4 N–H and O–H groups in total. The van der Waals surface area contributed by atoms with E-state index in [1.54, 1.807) is 0 Å². The van der Waals surface area contributed by atoms with Crippen molar-refractivity contribution in [1.82, 2.24) is 19.5 Å². The van der Waals surface area contributed by atoms with E-state index in [9.17, 15) is 14.4 Å². The summed E-state index contributed by atoms with van der Waals surface area (Å²) in [6.07, 6.45) is -2.99. The summed E-state index contributed by atoms with van der Waals surface area (Å²) < 4.78 is 23.0. The first-order valence-corrected chi connectivity index (χ1v) is 8.56. The molecule has 156 valence electrons. The van der Waals surface area contributed by atoms with Gasteiger partial charge in [0.25, 0.3) is 0 Å². The highest BCUT2D eigenvalue weighted by Gasteiger charge is 2.51. The Hall–Kier alpha value is -3.48. The summed E-state index contributed by atoms with van der Waals surface area (Å²) in [6, 6.07) is 0. The quantitative estimate of drug-likeness (QED) is 0.470. The van der Waals surface area contributed by atoms with Gasteiger partial charge in [-0.15, -0.1) is 0 Å². The Kier molecular flexibility index (Phi) is 5.50. The molecule has 2 aromatic heterocycles. The number of nitrogens with two attached hydrogens (primary N) is 2. The summed E-state index contributed by atoms with van der Waals surface area (Å²) >= 11 is 0. The summed E-state index contributed by atoms with van der Waals surface area (Å²) in [4.78, 5) is 46.7. The first-order chi connectivity index (χ1) is 13.7. The highest BCUT2D eigenvalue weighted by Crippen LogP contribution is 2.37. The third-order valence-electron chi connectivity index (χ3n) is 4.13. The molecule has 29 heavy (non-hydrogen) atoms. The molecule has 0 unspecified atom stereocenters. The summed E-state index contributed by atoms with van der Waals surface area (Å²) in [7, 11) is 0. The molecule has 0 amide bonds. The predicted molar refractivity (Wildman–Crippen MR) is 95.8 cm³/mol. The molecule has 0 saturated carbocycles. The fraction of sp³-hybridized carbons (Fsp3) is 0.500. The van der Waals surface area contributed by atoms with Gasteiger partial charge in [0.15, 0.2) is 35.4 Å². The van der Waals surface area contributed by atoms with Crippen molar-refractivity contribution in [2.75, 3.05) is 18.1 Å². The molecule has 4 atom stereocenters. The van der Waals surface area contributed by atoms with Crippen molar-refractivity contribution < 1.29 is 33.3 Å². The van der Waals surface area contributed by atoms with E-state index in [4.69, 9.17) is 30.4 Å². The molecule has 0 spiro atoms. The third kappa shape index (κ3) is 4.03. The Labute approximate surface area is 164 Å². The van der Waals surface area contributed by atoms with Crippen LogP contribution in [-0.2, 0) is 33.3 Å². The lowest BCUT2D eigenvalue weighted by atomic mass is 10.1. The maximum atomic E-state index is 11.7. The van der Waals surface area contributed by atoms with Crippen molar-refractivity contribution in [1.29, 1.82) is 0 Å². The molecule has 13 nitrogen and oxygen atoms in total. The molecule has 3 heterocycles. The van der Waals surface area contributed by atoms with Crippen molar-refractivity contribution in [2.45, 2.75) is 45.3 Å². The number of nitrogens with zero attached hydrogens (tertiary/aromatic N) is 4. The van der Waals surface area contributed by atoms with Crippen LogP contribution in [0.5, 0.6) is 0 Å². The molecule has 0 bridgehead atoms. The lowest BCUT2D eigenvalue weighted by Gasteiger charge is -2.24. The maximum Gasteiger partial charge on any atom is 0.303 e. The molecule has 3 rings (SSSR count). The number of nitrogen functional groups attached to an aromatic ring is 2. The van der Waals surface area contributed by atoms with Gasteiger partial charge in [0.1, 0.15) is 19.0 Å². The Morgan fingerprint density at radius 2 is 1.72 bits per heavy atom. The Balaban J connectivity index is 2.07. The van der Waals surface area contributed by atoms with Crippen LogP contribution in [0.15, 0.2) is 6.33 Å². The first kappa shape index (κ1) is 20.3. The lowest BCUT2D eigenvalue weighted by Crippen LogP contribution is -2.40. The van der Waals surface area contributed by atoms with Gasteiger partial charge < -0.3 is 30.4 Å². The molecular formula is C16H20N6O7. The van der Waals surface area contributed by atoms with Crippen LogP contribution in [0, 0.1) is 0 Å². The first-order valence-electron chi connectivity index (χ1n) is 8.56. The Morgan fingerprint density at radius 1 is 1.07 bits per heavy atom. The van der Waals surface area contributed by atoms with Gasteiger partial charge in [0.05, 0.1) is 0 Å². The van der Waals surface area contributed by atoms with E-state index < -0.39 is 42.4 Å². The normalized spacial score (nSPS) is 23.7. The minimum Gasteiger partial charge on any atom is -0.463 e. The molecule has 1 saturated heterocycles. The maximum absolute atomic E-state index is 11.7. The van der Waals surface area contributed by atoms with Gasteiger partial charge in [-0.05, 0) is 0 Å². The average molecular weight is 408 g/mol. The summed E-state index contributed by atoms with van der Waals surface area (Å²) in [5.74, 6) is -1.79. The van der Waals surface area contributed by atoms with E-state index in [0.717, 1.165) is 0 Å². The Bertz CT molecular complexity index is 961. The van der Waals surface area contributed by atoms with E-state index in [0.29, 0.717) is 0 Å². The van der Waals surface area contributed by atoms with E-state index >= 15 is 0 Å². The number of aromatic nitrogens is 4. The van der Waals surface area contributed by atoms with Gasteiger partial charge in [-0.25, -0.2) is 15.0 Å². The lowest BCUT2D eigenvalue weighted by molar-refractivity contribution is -0.166. The standard InChI is InChI=1S/C16H20N6O7/c1-6(23)26-4-9-11(27-7(2)24)12(28-8(3)25)15(29-9)22-14-10(21-16(22)18)13(17)19-5-20-14/h5,9,11-12,15H,4H2,1-3H3,(H2,18,21)(H2,17,19,20)/t9-,11-,12-,15-/m1/s1. The van der Waals surface area contributed by atoms with Gasteiger partial charge in [0.2, 0.25) is 5.95 Å². The van der Waals surface area contributed by atoms with Crippen LogP contribution in [0.4, 0.5) is 11.8 Å². The van der Waals surface area contributed by atoms with Gasteiger partial charge in [-0.1, -0.05) is 0 Å². The van der Waals surface area contributed by atoms with E-state index in [1.165, 1.54) is 31.7 Å².